The van der Waals surface area contributed by atoms with E-state index in [0.717, 1.165) is 23.5 Å². The largest absolute Gasteiger partial charge is 0.493 e. The van der Waals surface area contributed by atoms with Crippen LogP contribution < -0.4 is 0 Å². The minimum absolute atomic E-state index is 0.115. The molecular weight excluding hydrogens is 294 g/mol. The van der Waals surface area contributed by atoms with Crippen LogP contribution in [-0.4, -0.2) is 17.2 Å². The van der Waals surface area contributed by atoms with Crippen LogP contribution in [0.5, 0.6) is 0 Å². The molecule has 0 amide bonds. The number of carbonyl (C=O) groups is 1. The first-order valence-corrected chi connectivity index (χ1v) is 7.60. The number of carboxylic acid groups (broad SMARTS) is 1. The molecule has 3 aliphatic rings. The first-order chi connectivity index (χ1) is 11.2. The number of benzene rings is 1. The molecule has 1 aliphatic heterocycles. The molecule has 1 saturated heterocycles. The Hall–Kier alpha value is -2.74. The molecule has 5 nitrogen and oxygen atoms in total. The third-order valence-corrected chi connectivity index (χ3v) is 4.71. The number of allylic oxidation sites excluding steroid dienone is 3. The topological polar surface area (TPSA) is 79.5 Å². The second-order valence-corrected chi connectivity index (χ2v) is 6.12. The van der Waals surface area contributed by atoms with Crippen molar-refractivity contribution in [3.8, 4) is 6.07 Å². The normalized spacial score (nSPS) is 30.0. The van der Waals surface area contributed by atoms with Gasteiger partial charge < -0.3 is 14.6 Å². The number of aliphatic carboxylic acids is 1. The molecule has 1 saturated carbocycles. The Balaban J connectivity index is 1.39. The maximum atomic E-state index is 11.1. The van der Waals surface area contributed by atoms with Crippen molar-refractivity contribution in [2.75, 3.05) is 0 Å². The van der Waals surface area contributed by atoms with E-state index >= 15 is 0 Å². The zero-order chi connectivity index (χ0) is 16.0. The summed E-state index contributed by atoms with van der Waals surface area (Å²) < 4.78 is 11.5. The molecule has 0 bridgehead atoms. The van der Waals surface area contributed by atoms with Gasteiger partial charge >= 0.3 is 5.97 Å². The molecule has 2 aliphatic carbocycles. The number of nitriles is 1. The van der Waals surface area contributed by atoms with E-state index in [9.17, 15) is 4.79 Å². The van der Waals surface area contributed by atoms with Gasteiger partial charge in [0.15, 0.2) is 0 Å². The van der Waals surface area contributed by atoms with Crippen molar-refractivity contribution in [3.05, 3.63) is 59.1 Å². The molecule has 4 rings (SSSR count). The zero-order valence-electron chi connectivity index (χ0n) is 12.3. The van der Waals surface area contributed by atoms with Crippen LogP contribution in [-0.2, 0) is 20.9 Å². The summed E-state index contributed by atoms with van der Waals surface area (Å²) in [5.41, 5.74) is 1.55. The third kappa shape index (κ3) is 2.36. The first-order valence-electron chi connectivity index (χ1n) is 7.60. The van der Waals surface area contributed by atoms with Crippen molar-refractivity contribution in [3.63, 3.8) is 0 Å². The molecule has 1 unspecified atom stereocenters. The van der Waals surface area contributed by atoms with E-state index in [4.69, 9.17) is 19.8 Å². The standard InChI is InChI=1S/C18H15NO4/c19-8-10-2-1-3-11(6-10)9-22-12-4-5-13-14(7-12)23-17-15(13)16(17)18(20)21/h1-4,6-7,13,15-17H,5,9H2,(H,20,21)/t13?,15-,16-,17-/m1/s1. The lowest BCUT2D eigenvalue weighted by Gasteiger charge is -2.20. The van der Waals surface area contributed by atoms with Crippen molar-refractivity contribution in [2.24, 2.45) is 17.8 Å². The van der Waals surface area contributed by atoms with Crippen molar-refractivity contribution < 1.29 is 19.4 Å². The van der Waals surface area contributed by atoms with Gasteiger partial charge in [0.2, 0.25) is 0 Å². The van der Waals surface area contributed by atoms with E-state index in [-0.39, 0.29) is 23.9 Å². The minimum atomic E-state index is -0.762. The van der Waals surface area contributed by atoms with E-state index in [0.29, 0.717) is 12.2 Å². The quantitative estimate of drug-likeness (QED) is 0.924. The van der Waals surface area contributed by atoms with Crippen LogP contribution in [0.4, 0.5) is 0 Å². The van der Waals surface area contributed by atoms with Gasteiger partial charge in [0, 0.05) is 17.9 Å². The Morgan fingerprint density at radius 2 is 2.35 bits per heavy atom. The Morgan fingerprint density at radius 3 is 3.13 bits per heavy atom. The predicted molar refractivity (Wildman–Crippen MR) is 79.7 cm³/mol. The molecule has 1 N–H and O–H groups in total. The Bertz CT molecular complexity index is 773. The van der Waals surface area contributed by atoms with Gasteiger partial charge in [-0.1, -0.05) is 12.1 Å². The summed E-state index contributed by atoms with van der Waals surface area (Å²) in [5, 5.41) is 18.0. The number of hydrogen-bond donors (Lipinski definition) is 1. The maximum absolute atomic E-state index is 11.1. The van der Waals surface area contributed by atoms with E-state index < -0.39 is 5.97 Å². The van der Waals surface area contributed by atoms with Crippen LogP contribution in [0, 0.1) is 29.1 Å². The molecule has 2 fully saturated rings. The highest BCUT2D eigenvalue weighted by molar-refractivity contribution is 5.76. The fourth-order valence-electron chi connectivity index (χ4n) is 3.53. The lowest BCUT2D eigenvalue weighted by molar-refractivity contribution is -0.140. The summed E-state index contributed by atoms with van der Waals surface area (Å²) in [5.74, 6) is 0.774. The lowest BCUT2D eigenvalue weighted by atomic mass is 9.92. The van der Waals surface area contributed by atoms with Crippen LogP contribution in [0.15, 0.2) is 47.9 Å². The number of rotatable bonds is 4. The fraction of sp³-hybridized carbons (Fsp3) is 0.333. The molecular formula is C18H15NO4. The second-order valence-electron chi connectivity index (χ2n) is 6.12. The smallest absolute Gasteiger partial charge is 0.310 e. The van der Waals surface area contributed by atoms with Crippen molar-refractivity contribution in [1.29, 1.82) is 5.26 Å². The number of hydrogen-bond acceptors (Lipinski definition) is 4. The summed E-state index contributed by atoms with van der Waals surface area (Å²) in [4.78, 5) is 11.1. The van der Waals surface area contributed by atoms with E-state index in [2.05, 4.69) is 6.07 Å². The number of carboxylic acids is 1. The molecule has 116 valence electrons. The van der Waals surface area contributed by atoms with Gasteiger partial charge in [-0.25, -0.2) is 0 Å². The van der Waals surface area contributed by atoms with Gasteiger partial charge in [-0.15, -0.1) is 0 Å². The van der Waals surface area contributed by atoms with E-state index in [1.54, 1.807) is 12.1 Å². The van der Waals surface area contributed by atoms with Gasteiger partial charge in [-0.3, -0.25) is 4.79 Å². The summed E-state index contributed by atoms with van der Waals surface area (Å²) >= 11 is 0. The monoisotopic (exact) mass is 309 g/mol. The van der Waals surface area contributed by atoms with Crippen LogP contribution >= 0.6 is 0 Å². The lowest BCUT2D eigenvalue weighted by Crippen LogP contribution is -2.15. The molecule has 1 aromatic carbocycles. The Kier molecular flexibility index (Phi) is 3.12. The van der Waals surface area contributed by atoms with Crippen LogP contribution in [0.1, 0.15) is 17.5 Å². The molecule has 23 heavy (non-hydrogen) atoms. The Labute approximate surface area is 133 Å². The average molecular weight is 309 g/mol. The highest BCUT2D eigenvalue weighted by atomic mass is 16.5. The van der Waals surface area contributed by atoms with Gasteiger partial charge in [0.1, 0.15) is 30.1 Å². The summed E-state index contributed by atoms with van der Waals surface area (Å²) in [6, 6.07) is 9.42. The number of nitrogens with zero attached hydrogens (tertiary/aromatic N) is 1. The molecule has 1 heterocycles. The van der Waals surface area contributed by atoms with Crippen molar-refractivity contribution >= 4 is 5.97 Å². The predicted octanol–water partition coefficient (Wildman–Crippen LogP) is 2.59. The number of fused-ring (bicyclic) bond motifs is 3. The molecule has 4 atom stereocenters. The van der Waals surface area contributed by atoms with Crippen LogP contribution in [0.3, 0.4) is 0 Å². The molecule has 0 spiro atoms. The number of ether oxygens (including phenoxy) is 2. The second kappa shape index (κ2) is 5.17. The fourth-order valence-corrected chi connectivity index (χ4v) is 3.53. The maximum Gasteiger partial charge on any atom is 0.310 e. The third-order valence-electron chi connectivity index (χ3n) is 4.71. The highest BCUT2D eigenvalue weighted by Gasteiger charge is 2.66. The van der Waals surface area contributed by atoms with Crippen molar-refractivity contribution in [1.82, 2.24) is 0 Å². The van der Waals surface area contributed by atoms with E-state index in [1.165, 1.54) is 0 Å². The summed E-state index contributed by atoms with van der Waals surface area (Å²) in [6.07, 6.45) is 4.45. The van der Waals surface area contributed by atoms with E-state index in [1.807, 2.05) is 24.3 Å². The minimum Gasteiger partial charge on any atom is -0.493 e. The molecule has 0 radical (unpaired) electrons. The van der Waals surface area contributed by atoms with Crippen molar-refractivity contribution in [2.45, 2.75) is 19.1 Å². The van der Waals surface area contributed by atoms with Gasteiger partial charge in [-0.2, -0.15) is 5.26 Å². The van der Waals surface area contributed by atoms with Gasteiger partial charge in [0.05, 0.1) is 11.6 Å². The Morgan fingerprint density at radius 1 is 1.48 bits per heavy atom. The first kappa shape index (κ1) is 13.9. The van der Waals surface area contributed by atoms with Gasteiger partial charge in [-0.05, 0) is 30.2 Å². The average Bonchev–Trinajstić information content (AvgIpc) is 3.16. The zero-order valence-corrected chi connectivity index (χ0v) is 12.3. The summed E-state index contributed by atoms with van der Waals surface area (Å²) in [7, 11) is 0. The highest BCUT2D eigenvalue weighted by Crippen LogP contribution is 2.58. The SMILES string of the molecule is N#Cc1cccc(COC2=CCC3C(=C2)O[C@H]2[C@H](C(=O)O)[C@@H]32)c1. The summed E-state index contributed by atoms with van der Waals surface area (Å²) in [6.45, 7) is 0.389. The molecule has 5 heteroatoms. The van der Waals surface area contributed by atoms with Crippen LogP contribution in [0.2, 0.25) is 0 Å². The van der Waals surface area contributed by atoms with Crippen LogP contribution in [0.25, 0.3) is 0 Å². The molecule has 0 aromatic heterocycles. The molecule has 1 aromatic rings. The van der Waals surface area contributed by atoms with Gasteiger partial charge in [0.25, 0.3) is 0 Å².